The SMILES string of the molecule is CCn1c(-c2cnc(C)nc2)nc2c(N[C@H]3CCNC3)ncnc21.Cl.Cl. The molecule has 0 amide bonds. The molecule has 140 valence electrons. The number of rotatable bonds is 4. The topological polar surface area (TPSA) is 93.4 Å². The van der Waals surface area contributed by atoms with Crippen molar-refractivity contribution in [1.82, 2.24) is 34.8 Å². The molecule has 0 spiro atoms. The number of halogens is 2. The molecule has 8 nitrogen and oxygen atoms in total. The highest BCUT2D eigenvalue weighted by Gasteiger charge is 2.20. The van der Waals surface area contributed by atoms with Gasteiger partial charge in [-0.2, -0.15) is 0 Å². The maximum absolute atomic E-state index is 4.80. The van der Waals surface area contributed by atoms with E-state index in [1.807, 2.05) is 6.92 Å². The highest BCUT2D eigenvalue weighted by Crippen LogP contribution is 2.26. The Balaban J connectivity index is 0.00000121. The zero-order valence-electron chi connectivity index (χ0n) is 14.6. The van der Waals surface area contributed by atoms with E-state index in [0.717, 1.165) is 60.2 Å². The first-order valence-electron chi connectivity index (χ1n) is 8.23. The lowest BCUT2D eigenvalue weighted by molar-refractivity contribution is 0.781. The maximum Gasteiger partial charge on any atom is 0.165 e. The Morgan fingerprint density at radius 1 is 1.19 bits per heavy atom. The number of aromatic nitrogens is 6. The molecule has 26 heavy (non-hydrogen) atoms. The van der Waals surface area contributed by atoms with Gasteiger partial charge in [0.1, 0.15) is 18.0 Å². The first-order chi connectivity index (χ1) is 11.8. The van der Waals surface area contributed by atoms with E-state index in [4.69, 9.17) is 4.98 Å². The Bertz CT molecular complexity index is 859. The maximum atomic E-state index is 4.80. The second kappa shape index (κ2) is 8.57. The van der Waals surface area contributed by atoms with Crippen LogP contribution < -0.4 is 10.6 Å². The predicted octanol–water partition coefficient (Wildman–Crippen LogP) is 2.23. The van der Waals surface area contributed by atoms with Gasteiger partial charge in [-0.05, 0) is 26.8 Å². The lowest BCUT2D eigenvalue weighted by atomic mass is 10.2. The van der Waals surface area contributed by atoms with E-state index in [9.17, 15) is 0 Å². The van der Waals surface area contributed by atoms with Crippen LogP contribution in [-0.4, -0.2) is 48.6 Å². The van der Waals surface area contributed by atoms with E-state index in [0.29, 0.717) is 6.04 Å². The van der Waals surface area contributed by atoms with E-state index in [-0.39, 0.29) is 24.8 Å². The van der Waals surface area contributed by atoms with Crippen LogP contribution in [0.25, 0.3) is 22.6 Å². The molecule has 1 fully saturated rings. The van der Waals surface area contributed by atoms with Gasteiger partial charge in [0.15, 0.2) is 17.0 Å². The number of anilines is 1. The third-order valence-corrected chi connectivity index (χ3v) is 4.29. The van der Waals surface area contributed by atoms with E-state index in [1.54, 1.807) is 18.7 Å². The second-order valence-corrected chi connectivity index (χ2v) is 5.93. The summed E-state index contributed by atoms with van der Waals surface area (Å²) in [4.78, 5) is 22.2. The van der Waals surface area contributed by atoms with Crippen LogP contribution in [0.5, 0.6) is 0 Å². The van der Waals surface area contributed by atoms with Crippen LogP contribution in [-0.2, 0) is 6.54 Å². The van der Waals surface area contributed by atoms with Gasteiger partial charge >= 0.3 is 0 Å². The standard InChI is InChI=1S/C16H20N8.2ClH/c1-3-24-15(11-6-18-10(2)19-7-11)23-13-14(20-9-21-16(13)24)22-12-4-5-17-8-12;;/h6-7,9,12,17H,3-5,8H2,1-2H3,(H,20,21,22);2*1H/t12-;;/m0../s1. The molecule has 0 radical (unpaired) electrons. The van der Waals surface area contributed by atoms with E-state index in [1.165, 1.54) is 0 Å². The van der Waals surface area contributed by atoms with Gasteiger partial charge in [-0.25, -0.2) is 24.9 Å². The number of hydrogen-bond acceptors (Lipinski definition) is 7. The second-order valence-electron chi connectivity index (χ2n) is 5.93. The van der Waals surface area contributed by atoms with Crippen molar-refractivity contribution < 1.29 is 0 Å². The molecule has 0 aliphatic carbocycles. The Kier molecular flexibility index (Phi) is 6.69. The van der Waals surface area contributed by atoms with E-state index in [2.05, 4.69) is 42.1 Å². The van der Waals surface area contributed by atoms with Crippen molar-refractivity contribution in [2.75, 3.05) is 18.4 Å². The molecule has 3 aromatic rings. The molecule has 3 aromatic heterocycles. The fourth-order valence-corrected chi connectivity index (χ4v) is 3.04. The lowest BCUT2D eigenvalue weighted by Crippen LogP contribution is -2.22. The van der Waals surface area contributed by atoms with Gasteiger partial charge < -0.3 is 15.2 Å². The van der Waals surface area contributed by atoms with Crippen LogP contribution in [0.3, 0.4) is 0 Å². The fourth-order valence-electron chi connectivity index (χ4n) is 3.04. The molecule has 0 unspecified atom stereocenters. The third kappa shape index (κ3) is 3.72. The number of hydrogen-bond donors (Lipinski definition) is 2. The highest BCUT2D eigenvalue weighted by atomic mass is 35.5. The Labute approximate surface area is 164 Å². The molecule has 10 heteroatoms. The Morgan fingerprint density at radius 2 is 1.96 bits per heavy atom. The molecule has 0 aromatic carbocycles. The summed E-state index contributed by atoms with van der Waals surface area (Å²) in [6.07, 6.45) is 6.28. The molecule has 4 rings (SSSR count). The minimum Gasteiger partial charge on any atom is -0.364 e. The van der Waals surface area contributed by atoms with Gasteiger partial charge in [-0.1, -0.05) is 0 Å². The van der Waals surface area contributed by atoms with Crippen LogP contribution in [0.15, 0.2) is 18.7 Å². The fraction of sp³-hybridized carbons (Fsp3) is 0.438. The zero-order valence-corrected chi connectivity index (χ0v) is 16.3. The van der Waals surface area contributed by atoms with Crippen molar-refractivity contribution in [1.29, 1.82) is 0 Å². The van der Waals surface area contributed by atoms with Crippen LogP contribution in [0.1, 0.15) is 19.2 Å². The smallest absolute Gasteiger partial charge is 0.165 e. The number of fused-ring (bicyclic) bond motifs is 1. The van der Waals surface area contributed by atoms with Gasteiger partial charge in [0.2, 0.25) is 0 Å². The zero-order chi connectivity index (χ0) is 16.5. The van der Waals surface area contributed by atoms with Crippen molar-refractivity contribution in [2.24, 2.45) is 0 Å². The van der Waals surface area contributed by atoms with Crippen LogP contribution in [0, 0.1) is 6.92 Å². The quantitative estimate of drug-likeness (QED) is 0.697. The van der Waals surface area contributed by atoms with Gasteiger partial charge in [0.05, 0.1) is 5.56 Å². The van der Waals surface area contributed by atoms with Gasteiger partial charge in [-0.15, -0.1) is 24.8 Å². The summed E-state index contributed by atoms with van der Waals surface area (Å²) in [6, 6.07) is 0.376. The molecule has 1 atom stereocenters. The average molecular weight is 397 g/mol. The Morgan fingerprint density at radius 3 is 2.62 bits per heavy atom. The summed E-state index contributed by atoms with van der Waals surface area (Å²) < 4.78 is 2.07. The van der Waals surface area contributed by atoms with E-state index >= 15 is 0 Å². The number of imidazole rings is 1. The molecule has 1 aliphatic heterocycles. The normalized spacial score (nSPS) is 16.2. The minimum atomic E-state index is 0. The van der Waals surface area contributed by atoms with Crippen molar-refractivity contribution in [3.05, 3.63) is 24.5 Å². The first-order valence-corrected chi connectivity index (χ1v) is 8.23. The molecule has 0 saturated carbocycles. The summed E-state index contributed by atoms with van der Waals surface area (Å²) in [5.74, 6) is 2.35. The van der Waals surface area contributed by atoms with Crippen molar-refractivity contribution >= 4 is 41.8 Å². The number of nitrogens with zero attached hydrogens (tertiary/aromatic N) is 6. The molecule has 2 N–H and O–H groups in total. The van der Waals surface area contributed by atoms with E-state index < -0.39 is 0 Å². The molecular weight excluding hydrogens is 375 g/mol. The van der Waals surface area contributed by atoms with Gasteiger partial charge in [-0.3, -0.25) is 0 Å². The molecule has 4 heterocycles. The van der Waals surface area contributed by atoms with Gasteiger partial charge in [0.25, 0.3) is 0 Å². The van der Waals surface area contributed by atoms with Crippen molar-refractivity contribution in [2.45, 2.75) is 32.9 Å². The molecule has 1 saturated heterocycles. The summed E-state index contributed by atoms with van der Waals surface area (Å²) in [7, 11) is 0. The van der Waals surface area contributed by atoms with Crippen molar-refractivity contribution in [3.8, 4) is 11.4 Å². The molecular formula is C16H22Cl2N8. The largest absolute Gasteiger partial charge is 0.364 e. The predicted molar refractivity (Wildman–Crippen MR) is 106 cm³/mol. The summed E-state index contributed by atoms with van der Waals surface area (Å²) in [5.41, 5.74) is 2.51. The summed E-state index contributed by atoms with van der Waals surface area (Å²) >= 11 is 0. The first kappa shape index (κ1) is 20.3. The van der Waals surface area contributed by atoms with Crippen LogP contribution in [0.4, 0.5) is 5.82 Å². The van der Waals surface area contributed by atoms with Crippen LogP contribution >= 0.6 is 24.8 Å². The monoisotopic (exact) mass is 396 g/mol. The summed E-state index contributed by atoms with van der Waals surface area (Å²) in [5, 5.41) is 6.84. The Hall–Kier alpha value is -2.03. The van der Waals surface area contributed by atoms with Crippen LogP contribution in [0.2, 0.25) is 0 Å². The average Bonchev–Trinajstić information content (AvgIpc) is 3.23. The summed E-state index contributed by atoms with van der Waals surface area (Å²) in [6.45, 7) is 6.69. The minimum absolute atomic E-state index is 0. The third-order valence-electron chi connectivity index (χ3n) is 4.29. The molecule has 1 aliphatic rings. The number of aryl methyl sites for hydroxylation is 2. The van der Waals surface area contributed by atoms with Gasteiger partial charge in [0, 0.05) is 31.5 Å². The van der Waals surface area contributed by atoms with Crippen molar-refractivity contribution in [3.63, 3.8) is 0 Å². The highest BCUT2D eigenvalue weighted by molar-refractivity contribution is 5.86. The molecule has 0 bridgehead atoms. The lowest BCUT2D eigenvalue weighted by Gasteiger charge is -2.11. The number of nitrogens with one attached hydrogen (secondary N) is 2.